The van der Waals surface area contributed by atoms with Gasteiger partial charge in [-0.15, -0.1) is 0 Å². The van der Waals surface area contributed by atoms with Crippen molar-refractivity contribution in [2.24, 2.45) is 0 Å². The Morgan fingerprint density at radius 1 is 1.07 bits per heavy atom. The number of hydrogen-bond donors (Lipinski definition) is 1. The lowest BCUT2D eigenvalue weighted by Crippen LogP contribution is -2.25. The van der Waals surface area contributed by atoms with E-state index in [1.165, 1.54) is 26.2 Å². The van der Waals surface area contributed by atoms with Crippen LogP contribution >= 0.6 is 0 Å². The highest BCUT2D eigenvalue weighted by atomic mass is 32.2. The normalized spacial score (nSPS) is 11.5. The van der Waals surface area contributed by atoms with Crippen LogP contribution < -0.4 is 5.32 Å². The van der Waals surface area contributed by atoms with E-state index in [2.05, 4.69) is 15.5 Å². The van der Waals surface area contributed by atoms with Crippen molar-refractivity contribution in [3.63, 3.8) is 0 Å². The molecular weight excluding hydrogens is 380 g/mol. The van der Waals surface area contributed by atoms with Gasteiger partial charge in [0.2, 0.25) is 15.8 Å². The van der Waals surface area contributed by atoms with E-state index in [0.29, 0.717) is 18.5 Å². The number of carbonyl (C=O) groups excluding carboxylic acids is 1. The van der Waals surface area contributed by atoms with Crippen LogP contribution in [0.2, 0.25) is 0 Å². The number of hydrogen-bond acceptors (Lipinski definition) is 6. The highest BCUT2D eigenvalue weighted by molar-refractivity contribution is 7.89. The van der Waals surface area contributed by atoms with Gasteiger partial charge in [-0.05, 0) is 36.2 Å². The third-order valence-corrected chi connectivity index (χ3v) is 5.88. The predicted octanol–water partition coefficient (Wildman–Crippen LogP) is 1.96. The van der Waals surface area contributed by atoms with Crippen LogP contribution in [-0.2, 0) is 16.4 Å². The molecule has 3 rings (SSSR count). The maximum absolute atomic E-state index is 12.1. The van der Waals surface area contributed by atoms with E-state index in [1.54, 1.807) is 12.1 Å². The maximum Gasteiger partial charge on any atom is 0.316 e. The third-order valence-electron chi connectivity index (χ3n) is 4.05. The van der Waals surface area contributed by atoms with Gasteiger partial charge < -0.3 is 9.84 Å². The zero-order chi connectivity index (χ0) is 20.1. The lowest BCUT2D eigenvalue weighted by molar-refractivity contribution is 0.0910. The molecule has 2 aromatic carbocycles. The smallest absolute Gasteiger partial charge is 0.316 e. The molecule has 0 radical (unpaired) electrons. The minimum absolute atomic E-state index is 0.145. The summed E-state index contributed by atoms with van der Waals surface area (Å²) in [5.41, 5.74) is 1.66. The second kappa shape index (κ2) is 8.32. The largest absolute Gasteiger partial charge is 0.347 e. The van der Waals surface area contributed by atoms with Crippen molar-refractivity contribution < 1.29 is 17.7 Å². The standard InChI is InChI=1S/C19H20N4O4S/c1-23(2)28(25,26)16-10-8-15(9-11-16)17-21-19(27-22-17)18(24)20-13-12-14-6-4-3-5-7-14/h3-11H,12-13H2,1-2H3,(H,20,24). The van der Waals surface area contributed by atoms with E-state index in [0.717, 1.165) is 9.87 Å². The zero-order valence-corrected chi connectivity index (χ0v) is 16.3. The first-order valence-electron chi connectivity index (χ1n) is 8.57. The first-order valence-corrected chi connectivity index (χ1v) is 10.0. The van der Waals surface area contributed by atoms with Gasteiger partial charge in [0.25, 0.3) is 0 Å². The van der Waals surface area contributed by atoms with Gasteiger partial charge in [-0.2, -0.15) is 4.98 Å². The first kappa shape index (κ1) is 19.7. The number of aromatic nitrogens is 2. The second-order valence-corrected chi connectivity index (χ2v) is 8.38. The van der Waals surface area contributed by atoms with Crippen LogP contribution in [0, 0.1) is 0 Å². The number of amides is 1. The molecule has 1 amide bonds. The van der Waals surface area contributed by atoms with Crippen molar-refractivity contribution in [3.8, 4) is 11.4 Å². The molecule has 146 valence electrons. The Hall–Kier alpha value is -3.04. The third kappa shape index (κ3) is 4.44. The Balaban J connectivity index is 1.64. The molecule has 0 bridgehead atoms. The second-order valence-electron chi connectivity index (χ2n) is 6.23. The van der Waals surface area contributed by atoms with Crippen molar-refractivity contribution in [1.29, 1.82) is 0 Å². The molecule has 0 aliphatic carbocycles. The minimum Gasteiger partial charge on any atom is -0.347 e. The molecule has 1 aromatic heterocycles. The fourth-order valence-electron chi connectivity index (χ4n) is 2.46. The van der Waals surface area contributed by atoms with Gasteiger partial charge in [-0.25, -0.2) is 12.7 Å². The molecule has 0 saturated heterocycles. The summed E-state index contributed by atoms with van der Waals surface area (Å²) in [5.74, 6) is -0.392. The molecule has 0 spiro atoms. The maximum atomic E-state index is 12.1. The summed E-state index contributed by atoms with van der Waals surface area (Å²) in [4.78, 5) is 16.4. The van der Waals surface area contributed by atoms with Gasteiger partial charge in [0, 0.05) is 26.2 Å². The molecule has 0 aliphatic rings. The summed E-state index contributed by atoms with van der Waals surface area (Å²) < 4.78 is 30.4. The fourth-order valence-corrected chi connectivity index (χ4v) is 3.36. The number of rotatable bonds is 7. The highest BCUT2D eigenvalue weighted by Gasteiger charge is 2.19. The average Bonchev–Trinajstić information content (AvgIpc) is 3.19. The van der Waals surface area contributed by atoms with Crippen LogP contribution in [0.3, 0.4) is 0 Å². The lowest BCUT2D eigenvalue weighted by atomic mass is 10.1. The first-order chi connectivity index (χ1) is 13.4. The summed E-state index contributed by atoms with van der Waals surface area (Å²) in [5, 5.41) is 6.53. The molecule has 8 nitrogen and oxygen atoms in total. The Labute approximate surface area is 163 Å². The van der Waals surface area contributed by atoms with Crippen LogP contribution in [-0.4, -0.2) is 49.4 Å². The topological polar surface area (TPSA) is 105 Å². The average molecular weight is 400 g/mol. The number of carbonyl (C=O) groups is 1. The Kier molecular flexibility index (Phi) is 5.86. The predicted molar refractivity (Wildman–Crippen MR) is 103 cm³/mol. The summed E-state index contributed by atoms with van der Waals surface area (Å²) in [7, 11) is -0.586. The van der Waals surface area contributed by atoms with Crippen LogP contribution in [0.5, 0.6) is 0 Å². The molecule has 1 N–H and O–H groups in total. The van der Waals surface area contributed by atoms with E-state index in [-0.39, 0.29) is 16.6 Å². The summed E-state index contributed by atoms with van der Waals surface area (Å²) in [6.07, 6.45) is 0.690. The number of nitrogens with zero attached hydrogens (tertiary/aromatic N) is 3. The Morgan fingerprint density at radius 2 is 1.75 bits per heavy atom. The van der Waals surface area contributed by atoms with Gasteiger partial charge in [-0.1, -0.05) is 35.5 Å². The van der Waals surface area contributed by atoms with Crippen molar-refractivity contribution in [2.45, 2.75) is 11.3 Å². The van der Waals surface area contributed by atoms with Gasteiger partial charge in [0.15, 0.2) is 0 Å². The SMILES string of the molecule is CN(C)S(=O)(=O)c1ccc(-c2noc(C(=O)NCCc3ccccc3)n2)cc1. The number of nitrogens with one attached hydrogen (secondary N) is 1. The molecule has 9 heteroatoms. The van der Waals surface area contributed by atoms with Crippen molar-refractivity contribution in [1.82, 2.24) is 19.8 Å². The van der Waals surface area contributed by atoms with E-state index >= 15 is 0 Å². The quantitative estimate of drug-likeness (QED) is 0.650. The highest BCUT2D eigenvalue weighted by Crippen LogP contribution is 2.20. The van der Waals surface area contributed by atoms with Gasteiger partial charge in [0.05, 0.1) is 4.90 Å². The van der Waals surface area contributed by atoms with Crippen LogP contribution in [0.25, 0.3) is 11.4 Å². The lowest BCUT2D eigenvalue weighted by Gasteiger charge is -2.11. The van der Waals surface area contributed by atoms with Crippen molar-refractivity contribution in [2.75, 3.05) is 20.6 Å². The minimum atomic E-state index is -3.51. The van der Waals surface area contributed by atoms with Crippen molar-refractivity contribution >= 4 is 15.9 Å². The van der Waals surface area contributed by atoms with E-state index in [4.69, 9.17) is 4.52 Å². The molecular formula is C19H20N4O4S. The number of benzene rings is 2. The zero-order valence-electron chi connectivity index (χ0n) is 15.5. The molecule has 0 unspecified atom stereocenters. The van der Waals surface area contributed by atoms with Gasteiger partial charge in [-0.3, -0.25) is 4.79 Å². The summed E-state index contributed by atoms with van der Waals surface area (Å²) in [6, 6.07) is 15.8. The molecule has 1 heterocycles. The van der Waals surface area contributed by atoms with Crippen LogP contribution in [0.4, 0.5) is 0 Å². The van der Waals surface area contributed by atoms with Crippen LogP contribution in [0.15, 0.2) is 64.0 Å². The monoisotopic (exact) mass is 400 g/mol. The fraction of sp³-hybridized carbons (Fsp3) is 0.211. The molecule has 0 saturated carbocycles. The van der Waals surface area contributed by atoms with Crippen molar-refractivity contribution in [3.05, 3.63) is 66.1 Å². The van der Waals surface area contributed by atoms with E-state index in [9.17, 15) is 13.2 Å². The molecule has 3 aromatic rings. The Bertz CT molecular complexity index is 1050. The Morgan fingerprint density at radius 3 is 2.39 bits per heavy atom. The molecule has 28 heavy (non-hydrogen) atoms. The number of sulfonamides is 1. The molecule has 0 aliphatic heterocycles. The van der Waals surface area contributed by atoms with E-state index in [1.807, 2.05) is 30.3 Å². The van der Waals surface area contributed by atoms with Gasteiger partial charge in [0.1, 0.15) is 0 Å². The summed E-state index contributed by atoms with van der Waals surface area (Å²) >= 11 is 0. The van der Waals surface area contributed by atoms with Gasteiger partial charge >= 0.3 is 11.8 Å². The van der Waals surface area contributed by atoms with E-state index < -0.39 is 15.9 Å². The summed E-state index contributed by atoms with van der Waals surface area (Å²) in [6.45, 7) is 0.442. The molecule has 0 atom stereocenters. The molecule has 0 fully saturated rings. The van der Waals surface area contributed by atoms with Crippen LogP contribution in [0.1, 0.15) is 16.2 Å².